The molecule has 8 heteroatoms. The van der Waals surface area contributed by atoms with Gasteiger partial charge in [0, 0.05) is 13.5 Å². The fourth-order valence-corrected chi connectivity index (χ4v) is 2.34. The van der Waals surface area contributed by atoms with Crippen molar-refractivity contribution in [3.05, 3.63) is 21.6 Å². The van der Waals surface area contributed by atoms with Gasteiger partial charge in [0.2, 0.25) is 5.91 Å². The molecule has 0 spiro atoms. The molecule has 0 unspecified atom stereocenters. The first-order valence-electron chi connectivity index (χ1n) is 5.58. The monoisotopic (exact) mass is 307 g/mol. The fourth-order valence-electron chi connectivity index (χ4n) is 1.63. The van der Waals surface area contributed by atoms with Crippen LogP contribution in [0.5, 0.6) is 0 Å². The molecule has 0 radical (unpaired) electrons. The average molecular weight is 308 g/mol. The number of amides is 1. The van der Waals surface area contributed by atoms with Crippen molar-refractivity contribution in [1.82, 2.24) is 4.90 Å². The Kier molecular flexibility index (Phi) is 7.58. The Morgan fingerprint density at radius 1 is 1.42 bits per heavy atom. The Morgan fingerprint density at radius 3 is 2.53 bits per heavy atom. The summed E-state index contributed by atoms with van der Waals surface area (Å²) in [6, 6.07) is 1.62. The van der Waals surface area contributed by atoms with Gasteiger partial charge in [0.25, 0.3) is 0 Å². The maximum Gasteiger partial charge on any atom is 0.347 e. The maximum absolute atomic E-state index is 11.6. The van der Waals surface area contributed by atoms with E-state index >= 15 is 0 Å². The largest absolute Gasteiger partial charge is 0.347 e. The predicted octanol–water partition coefficient (Wildman–Crippen LogP) is 2.38. The number of thiophene rings is 1. The molecule has 0 fully saturated rings. The second kappa shape index (κ2) is 8.08. The van der Waals surface area contributed by atoms with Gasteiger partial charge in [-0.1, -0.05) is 11.3 Å². The normalized spacial score (nSPS) is 10.1. The number of nitrogens with zero attached hydrogens (tertiary/aromatic N) is 3. The van der Waals surface area contributed by atoms with Crippen LogP contribution in [0.2, 0.25) is 0 Å². The lowest BCUT2D eigenvalue weighted by Crippen LogP contribution is -2.31. The SMILES string of the molecule is CC(=O)N(CCCN(C)C)c1ccsc1[N+](=O)[O-].Cl. The molecule has 0 aliphatic carbocycles. The third-order valence-corrected chi connectivity index (χ3v) is 3.30. The van der Waals surface area contributed by atoms with Gasteiger partial charge in [-0.05, 0) is 38.5 Å². The minimum Gasteiger partial charge on any atom is -0.309 e. The van der Waals surface area contributed by atoms with Gasteiger partial charge in [-0.3, -0.25) is 14.9 Å². The molecule has 0 aromatic carbocycles. The average Bonchev–Trinajstić information content (AvgIpc) is 2.72. The summed E-state index contributed by atoms with van der Waals surface area (Å²) < 4.78 is 0. The van der Waals surface area contributed by atoms with Crippen molar-refractivity contribution in [2.75, 3.05) is 32.1 Å². The van der Waals surface area contributed by atoms with E-state index < -0.39 is 4.92 Å². The first-order valence-corrected chi connectivity index (χ1v) is 6.46. The number of anilines is 1. The number of carbonyl (C=O) groups is 1. The zero-order chi connectivity index (χ0) is 13.7. The van der Waals surface area contributed by atoms with E-state index in [0.717, 1.165) is 24.3 Å². The molecule has 6 nitrogen and oxygen atoms in total. The van der Waals surface area contributed by atoms with Gasteiger partial charge in [-0.15, -0.1) is 12.4 Å². The van der Waals surface area contributed by atoms with Gasteiger partial charge in [0.15, 0.2) is 0 Å². The molecule has 1 aromatic heterocycles. The van der Waals surface area contributed by atoms with Crippen LogP contribution in [0.3, 0.4) is 0 Å². The van der Waals surface area contributed by atoms with Crippen molar-refractivity contribution in [2.24, 2.45) is 0 Å². The highest BCUT2D eigenvalue weighted by Crippen LogP contribution is 2.34. The van der Waals surface area contributed by atoms with E-state index in [-0.39, 0.29) is 23.3 Å². The molecule has 1 heterocycles. The van der Waals surface area contributed by atoms with Crippen LogP contribution in [-0.2, 0) is 4.79 Å². The molecule has 0 atom stereocenters. The van der Waals surface area contributed by atoms with E-state index in [1.54, 1.807) is 11.4 Å². The summed E-state index contributed by atoms with van der Waals surface area (Å²) in [7, 11) is 3.90. The number of halogens is 1. The van der Waals surface area contributed by atoms with Crippen molar-refractivity contribution in [3.8, 4) is 0 Å². The molecule has 1 aromatic rings. The van der Waals surface area contributed by atoms with Gasteiger partial charge < -0.3 is 9.80 Å². The molecule has 108 valence electrons. The fraction of sp³-hybridized carbons (Fsp3) is 0.545. The molecule has 0 saturated carbocycles. The summed E-state index contributed by atoms with van der Waals surface area (Å²) in [4.78, 5) is 25.5. The van der Waals surface area contributed by atoms with Gasteiger partial charge in [-0.25, -0.2) is 0 Å². The molecule has 0 saturated heterocycles. The Bertz CT molecular complexity index is 437. The summed E-state index contributed by atoms with van der Waals surface area (Å²) in [6.45, 7) is 2.75. The van der Waals surface area contributed by atoms with Crippen molar-refractivity contribution in [2.45, 2.75) is 13.3 Å². The molecule has 0 aliphatic rings. The predicted molar refractivity (Wildman–Crippen MR) is 79.4 cm³/mol. The van der Waals surface area contributed by atoms with Crippen LogP contribution in [0.25, 0.3) is 0 Å². The Balaban J connectivity index is 0.00000324. The molecule has 1 amide bonds. The standard InChI is InChI=1S/C11H17N3O3S.ClH/c1-9(15)13(7-4-6-12(2)3)10-5-8-18-11(10)14(16)17;/h5,8H,4,6-7H2,1-3H3;1H. The van der Waals surface area contributed by atoms with Crippen molar-refractivity contribution >= 4 is 40.3 Å². The smallest absolute Gasteiger partial charge is 0.309 e. The number of nitro groups is 1. The van der Waals surface area contributed by atoms with Crippen LogP contribution in [0.1, 0.15) is 13.3 Å². The second-order valence-electron chi connectivity index (χ2n) is 4.20. The van der Waals surface area contributed by atoms with Crippen LogP contribution in [-0.4, -0.2) is 42.9 Å². The van der Waals surface area contributed by atoms with Crippen LogP contribution in [0.4, 0.5) is 10.7 Å². The van der Waals surface area contributed by atoms with E-state index in [1.165, 1.54) is 11.8 Å². The first-order chi connectivity index (χ1) is 8.43. The summed E-state index contributed by atoms with van der Waals surface area (Å²) in [5.41, 5.74) is 0.399. The third kappa shape index (κ3) is 5.14. The lowest BCUT2D eigenvalue weighted by atomic mass is 10.3. The van der Waals surface area contributed by atoms with Crippen LogP contribution in [0, 0.1) is 10.1 Å². The molecule has 1 rings (SSSR count). The Hall–Kier alpha value is -1.18. The maximum atomic E-state index is 11.6. The quantitative estimate of drug-likeness (QED) is 0.598. The number of hydrogen-bond acceptors (Lipinski definition) is 5. The zero-order valence-corrected chi connectivity index (χ0v) is 12.8. The number of rotatable bonds is 6. The zero-order valence-electron chi connectivity index (χ0n) is 11.2. The second-order valence-corrected chi connectivity index (χ2v) is 5.09. The highest BCUT2D eigenvalue weighted by molar-refractivity contribution is 7.14. The van der Waals surface area contributed by atoms with Crippen molar-refractivity contribution < 1.29 is 9.72 Å². The third-order valence-electron chi connectivity index (χ3n) is 2.45. The summed E-state index contributed by atoms with van der Waals surface area (Å²) >= 11 is 1.04. The lowest BCUT2D eigenvalue weighted by Gasteiger charge is -2.20. The summed E-state index contributed by atoms with van der Waals surface area (Å²) in [5, 5.41) is 12.5. The topological polar surface area (TPSA) is 66.7 Å². The van der Waals surface area contributed by atoms with Crippen molar-refractivity contribution in [1.29, 1.82) is 0 Å². The van der Waals surface area contributed by atoms with Gasteiger partial charge in [0.1, 0.15) is 5.69 Å². The van der Waals surface area contributed by atoms with Crippen LogP contribution in [0.15, 0.2) is 11.4 Å². The van der Waals surface area contributed by atoms with E-state index in [2.05, 4.69) is 0 Å². The molecule has 0 aliphatic heterocycles. The van der Waals surface area contributed by atoms with Crippen LogP contribution >= 0.6 is 23.7 Å². The highest BCUT2D eigenvalue weighted by atomic mass is 35.5. The molecular formula is C11H18ClN3O3S. The summed E-state index contributed by atoms with van der Waals surface area (Å²) in [5.74, 6) is -0.171. The van der Waals surface area contributed by atoms with Gasteiger partial charge >= 0.3 is 5.00 Å². The van der Waals surface area contributed by atoms with E-state index in [9.17, 15) is 14.9 Å². The highest BCUT2D eigenvalue weighted by Gasteiger charge is 2.23. The van der Waals surface area contributed by atoms with Gasteiger partial charge in [-0.2, -0.15) is 0 Å². The molecule has 0 N–H and O–H groups in total. The number of hydrogen-bond donors (Lipinski definition) is 0. The minimum atomic E-state index is -0.443. The number of carbonyl (C=O) groups excluding carboxylic acids is 1. The molecule has 0 bridgehead atoms. The lowest BCUT2D eigenvalue weighted by molar-refractivity contribution is -0.379. The van der Waals surface area contributed by atoms with E-state index in [4.69, 9.17) is 0 Å². The van der Waals surface area contributed by atoms with Crippen molar-refractivity contribution in [3.63, 3.8) is 0 Å². The first kappa shape index (κ1) is 17.8. The van der Waals surface area contributed by atoms with Gasteiger partial charge in [0.05, 0.1) is 4.92 Å². The summed E-state index contributed by atoms with van der Waals surface area (Å²) in [6.07, 6.45) is 0.777. The Labute approximate surface area is 122 Å². The molecular weight excluding hydrogens is 290 g/mol. The minimum absolute atomic E-state index is 0. The van der Waals surface area contributed by atoms with Crippen LogP contribution < -0.4 is 4.90 Å². The van der Waals surface area contributed by atoms with E-state index in [0.29, 0.717) is 12.2 Å². The van der Waals surface area contributed by atoms with E-state index in [1.807, 2.05) is 19.0 Å². The Morgan fingerprint density at radius 2 is 2.05 bits per heavy atom. The molecule has 19 heavy (non-hydrogen) atoms.